The highest BCUT2D eigenvalue weighted by Crippen LogP contribution is 2.27. The van der Waals surface area contributed by atoms with E-state index in [1.165, 1.54) is 24.3 Å². The van der Waals surface area contributed by atoms with Crippen LogP contribution in [0.5, 0.6) is 0 Å². The van der Waals surface area contributed by atoms with Crippen LogP contribution in [0, 0.1) is 5.82 Å². The summed E-state index contributed by atoms with van der Waals surface area (Å²) in [4.78, 5) is 10.7. The summed E-state index contributed by atoms with van der Waals surface area (Å²) in [5.74, 6) is -0.0122. The average molecular weight is 270 g/mol. The maximum Gasteiger partial charge on any atom is 0.178 e. The smallest absolute Gasteiger partial charge is 0.178 e. The van der Waals surface area contributed by atoms with Gasteiger partial charge in [-0.05, 0) is 40.2 Å². The molecule has 0 saturated heterocycles. The highest BCUT2D eigenvalue weighted by molar-refractivity contribution is 9.10. The number of hydrogen-bond acceptors (Lipinski definition) is 3. The number of benzene rings is 1. The second-order valence-electron chi connectivity index (χ2n) is 2.84. The highest BCUT2D eigenvalue weighted by atomic mass is 79.9. The first-order valence-electron chi connectivity index (χ1n) is 4.08. The summed E-state index contributed by atoms with van der Waals surface area (Å²) in [5, 5.41) is 3.60. The Bertz CT molecular complexity index is 493. The molecule has 0 aliphatic heterocycles. The third-order valence-corrected chi connectivity index (χ3v) is 2.48. The zero-order valence-corrected chi connectivity index (χ0v) is 8.99. The van der Waals surface area contributed by atoms with Crippen LogP contribution in [0.15, 0.2) is 33.4 Å². The Morgan fingerprint density at radius 2 is 2.00 bits per heavy atom. The molecule has 2 aromatic rings. The molecule has 5 heteroatoms. The number of rotatable bonds is 2. The van der Waals surface area contributed by atoms with E-state index in [0.717, 1.165) is 0 Å². The average Bonchev–Trinajstić information content (AvgIpc) is 2.61. The summed E-state index contributed by atoms with van der Waals surface area (Å²) in [6.07, 6.45) is 0.638. The van der Waals surface area contributed by atoms with Gasteiger partial charge >= 0.3 is 0 Å². The maximum absolute atomic E-state index is 12.7. The van der Waals surface area contributed by atoms with Gasteiger partial charge < -0.3 is 4.52 Å². The summed E-state index contributed by atoms with van der Waals surface area (Å²) < 4.78 is 18.0. The summed E-state index contributed by atoms with van der Waals surface area (Å²) in [5.41, 5.74) is 0.929. The van der Waals surface area contributed by atoms with Gasteiger partial charge in [0.1, 0.15) is 5.82 Å². The number of aromatic nitrogens is 1. The molecule has 76 valence electrons. The fraction of sp³-hybridized carbons (Fsp3) is 0. The van der Waals surface area contributed by atoms with Crippen LogP contribution < -0.4 is 0 Å². The standard InChI is InChI=1S/C10H5BrFNO2/c11-10-8(5-14)9(15-13-10)6-1-3-7(12)4-2-6/h1-5H. The zero-order valence-electron chi connectivity index (χ0n) is 7.41. The van der Waals surface area contributed by atoms with Crippen molar-refractivity contribution in [2.75, 3.05) is 0 Å². The minimum Gasteiger partial charge on any atom is -0.354 e. The number of halogens is 2. The lowest BCUT2D eigenvalue weighted by atomic mass is 10.1. The van der Waals surface area contributed by atoms with Gasteiger partial charge in [0.05, 0.1) is 5.56 Å². The van der Waals surface area contributed by atoms with Gasteiger partial charge in [-0.2, -0.15) is 0 Å². The van der Waals surface area contributed by atoms with Gasteiger partial charge in [-0.15, -0.1) is 0 Å². The summed E-state index contributed by atoms with van der Waals surface area (Å²) in [6, 6.07) is 5.63. The maximum atomic E-state index is 12.7. The molecule has 0 atom stereocenters. The van der Waals surface area contributed by atoms with Gasteiger partial charge in [-0.1, -0.05) is 5.16 Å². The normalized spacial score (nSPS) is 10.3. The predicted octanol–water partition coefficient (Wildman–Crippen LogP) is 3.06. The summed E-state index contributed by atoms with van der Waals surface area (Å²) >= 11 is 3.08. The van der Waals surface area contributed by atoms with E-state index in [4.69, 9.17) is 4.52 Å². The van der Waals surface area contributed by atoms with E-state index in [2.05, 4.69) is 21.1 Å². The first-order chi connectivity index (χ1) is 7.22. The van der Waals surface area contributed by atoms with E-state index >= 15 is 0 Å². The first-order valence-corrected chi connectivity index (χ1v) is 4.88. The molecular weight excluding hydrogens is 265 g/mol. The van der Waals surface area contributed by atoms with Gasteiger partial charge in [-0.25, -0.2) is 4.39 Å². The van der Waals surface area contributed by atoms with Crippen molar-refractivity contribution in [3.8, 4) is 11.3 Å². The van der Waals surface area contributed by atoms with Crippen molar-refractivity contribution in [2.24, 2.45) is 0 Å². The molecule has 1 aromatic heterocycles. The van der Waals surface area contributed by atoms with Crippen LogP contribution in [-0.2, 0) is 0 Å². The molecule has 0 aliphatic carbocycles. The lowest BCUT2D eigenvalue weighted by molar-refractivity contribution is 0.112. The van der Waals surface area contributed by atoms with Crippen molar-refractivity contribution in [3.05, 3.63) is 40.2 Å². The summed E-state index contributed by atoms with van der Waals surface area (Å²) in [7, 11) is 0. The zero-order chi connectivity index (χ0) is 10.8. The van der Waals surface area contributed by atoms with Crippen molar-refractivity contribution < 1.29 is 13.7 Å². The van der Waals surface area contributed by atoms with E-state index < -0.39 is 0 Å². The monoisotopic (exact) mass is 269 g/mol. The van der Waals surface area contributed by atoms with Gasteiger partial charge in [0, 0.05) is 5.56 Å². The molecule has 0 amide bonds. The van der Waals surface area contributed by atoms with Crippen molar-refractivity contribution >= 4 is 22.2 Å². The number of hydrogen-bond donors (Lipinski definition) is 0. The molecule has 0 unspecified atom stereocenters. The van der Waals surface area contributed by atoms with E-state index in [9.17, 15) is 9.18 Å². The molecule has 0 radical (unpaired) electrons. The SMILES string of the molecule is O=Cc1c(Br)noc1-c1ccc(F)cc1. The van der Waals surface area contributed by atoms with Crippen LogP contribution >= 0.6 is 15.9 Å². The Labute approximate surface area is 93.0 Å². The van der Waals surface area contributed by atoms with Gasteiger partial charge in [0.25, 0.3) is 0 Å². The fourth-order valence-electron chi connectivity index (χ4n) is 1.19. The van der Waals surface area contributed by atoms with E-state index in [1.807, 2.05) is 0 Å². The van der Waals surface area contributed by atoms with Gasteiger partial charge in [-0.3, -0.25) is 4.79 Å². The highest BCUT2D eigenvalue weighted by Gasteiger charge is 2.14. The largest absolute Gasteiger partial charge is 0.354 e. The predicted molar refractivity (Wildman–Crippen MR) is 55.0 cm³/mol. The summed E-state index contributed by atoms with van der Waals surface area (Å²) in [6.45, 7) is 0. The molecule has 15 heavy (non-hydrogen) atoms. The first kappa shape index (κ1) is 10.0. The second kappa shape index (κ2) is 3.94. The van der Waals surface area contributed by atoms with E-state index in [1.54, 1.807) is 0 Å². The molecule has 2 rings (SSSR count). The number of carbonyl (C=O) groups excluding carboxylic acids is 1. The Morgan fingerprint density at radius 3 is 2.60 bits per heavy atom. The Kier molecular flexibility index (Phi) is 2.64. The molecular formula is C10H5BrFNO2. The lowest BCUT2D eigenvalue weighted by Gasteiger charge is -1.95. The second-order valence-corrected chi connectivity index (χ2v) is 3.59. The third-order valence-electron chi connectivity index (χ3n) is 1.91. The van der Waals surface area contributed by atoms with Crippen molar-refractivity contribution in [2.45, 2.75) is 0 Å². The number of nitrogens with zero attached hydrogens (tertiary/aromatic N) is 1. The molecule has 0 fully saturated rings. The Balaban J connectivity index is 2.53. The van der Waals surface area contributed by atoms with Crippen molar-refractivity contribution in [1.82, 2.24) is 5.16 Å². The molecule has 3 nitrogen and oxygen atoms in total. The molecule has 0 N–H and O–H groups in total. The van der Waals surface area contributed by atoms with E-state index in [0.29, 0.717) is 27.8 Å². The minimum atomic E-state index is -0.343. The number of aldehydes is 1. The molecule has 0 bridgehead atoms. The molecule has 0 saturated carbocycles. The van der Waals surface area contributed by atoms with Crippen LogP contribution in [0.25, 0.3) is 11.3 Å². The molecule has 0 aliphatic rings. The quantitative estimate of drug-likeness (QED) is 0.787. The Morgan fingerprint density at radius 1 is 1.33 bits per heavy atom. The van der Waals surface area contributed by atoms with Crippen LogP contribution in [0.3, 0.4) is 0 Å². The third kappa shape index (κ3) is 1.83. The van der Waals surface area contributed by atoms with Crippen LogP contribution in [0.4, 0.5) is 4.39 Å². The lowest BCUT2D eigenvalue weighted by Crippen LogP contribution is -1.83. The van der Waals surface area contributed by atoms with Crippen molar-refractivity contribution in [3.63, 3.8) is 0 Å². The van der Waals surface area contributed by atoms with Gasteiger partial charge in [0.15, 0.2) is 16.6 Å². The van der Waals surface area contributed by atoms with Gasteiger partial charge in [0.2, 0.25) is 0 Å². The molecule has 1 aromatic carbocycles. The number of carbonyl (C=O) groups is 1. The fourth-order valence-corrected chi connectivity index (χ4v) is 1.54. The Hall–Kier alpha value is -1.49. The van der Waals surface area contributed by atoms with Crippen LogP contribution in [-0.4, -0.2) is 11.4 Å². The topological polar surface area (TPSA) is 43.1 Å². The van der Waals surface area contributed by atoms with Crippen LogP contribution in [0.1, 0.15) is 10.4 Å². The van der Waals surface area contributed by atoms with E-state index in [-0.39, 0.29) is 5.82 Å². The molecule has 1 heterocycles. The molecule has 0 spiro atoms. The van der Waals surface area contributed by atoms with Crippen LogP contribution in [0.2, 0.25) is 0 Å². The van der Waals surface area contributed by atoms with Crippen molar-refractivity contribution in [1.29, 1.82) is 0 Å². The minimum absolute atomic E-state index is 0.321.